The topological polar surface area (TPSA) is 80.4 Å². The van der Waals surface area contributed by atoms with Crippen molar-refractivity contribution in [2.24, 2.45) is 4.99 Å². The molecule has 0 aliphatic heterocycles. The number of rotatable bonds is 3. The zero-order chi connectivity index (χ0) is 16.5. The molecule has 3 aromatic heterocycles. The summed E-state index contributed by atoms with van der Waals surface area (Å²) in [5.74, 6) is 0. The van der Waals surface area contributed by atoms with E-state index in [2.05, 4.69) is 15.0 Å². The Kier molecular flexibility index (Phi) is 4.12. The highest BCUT2D eigenvalue weighted by molar-refractivity contribution is 7.25. The Bertz CT molecular complexity index is 970. The maximum absolute atomic E-state index is 12.9. The van der Waals surface area contributed by atoms with Crippen molar-refractivity contribution >= 4 is 43.7 Å². The Balaban J connectivity index is 1.92. The van der Waals surface area contributed by atoms with Crippen molar-refractivity contribution in [2.45, 2.75) is 38.1 Å². The van der Waals surface area contributed by atoms with Gasteiger partial charge in [0.15, 0.2) is 0 Å². The first-order valence-corrected chi connectivity index (χ1v) is 9.03. The minimum atomic E-state index is -0.131. The lowest BCUT2D eigenvalue weighted by Gasteiger charge is -2.23. The van der Waals surface area contributed by atoms with Crippen molar-refractivity contribution in [1.29, 1.82) is 0 Å². The molecule has 124 valence electrons. The number of aliphatic hydroxyl groups excluding tert-OH is 1. The second kappa shape index (κ2) is 6.41. The quantitative estimate of drug-likeness (QED) is 0.741. The van der Waals surface area contributed by atoms with Gasteiger partial charge in [0, 0.05) is 18.5 Å². The standard InChI is InChI=1S/C17H18N4O2S/c22-9-8-18-12-6-7-19-16-13(12)14-15(24-16)17(23)21(10-20-14)11-4-2-1-3-5-11/h6-8,10-11,22H,1-5,9H2. The predicted molar refractivity (Wildman–Crippen MR) is 96.5 cm³/mol. The first kappa shape index (κ1) is 15.4. The van der Waals surface area contributed by atoms with Crippen LogP contribution in [0.5, 0.6) is 0 Å². The third-order valence-corrected chi connectivity index (χ3v) is 5.64. The van der Waals surface area contributed by atoms with Gasteiger partial charge in [0.2, 0.25) is 0 Å². The fourth-order valence-electron chi connectivity index (χ4n) is 3.42. The van der Waals surface area contributed by atoms with Crippen LogP contribution in [-0.4, -0.2) is 32.5 Å². The predicted octanol–water partition coefficient (Wildman–Crippen LogP) is 3.21. The summed E-state index contributed by atoms with van der Waals surface area (Å²) in [5.41, 5.74) is 1.36. The first-order chi connectivity index (χ1) is 11.8. The number of aliphatic imine (C=N–C) groups is 1. The van der Waals surface area contributed by atoms with Gasteiger partial charge in [-0.1, -0.05) is 19.3 Å². The molecule has 1 N–H and O–H groups in total. The van der Waals surface area contributed by atoms with Crippen LogP contribution in [0.15, 0.2) is 28.4 Å². The van der Waals surface area contributed by atoms with Gasteiger partial charge in [0.1, 0.15) is 15.0 Å². The zero-order valence-electron chi connectivity index (χ0n) is 13.2. The summed E-state index contributed by atoms with van der Waals surface area (Å²) in [6.45, 7) is -0.131. The molecule has 3 heterocycles. The average molecular weight is 342 g/mol. The van der Waals surface area contributed by atoms with Crippen molar-refractivity contribution in [2.75, 3.05) is 6.61 Å². The van der Waals surface area contributed by atoms with Crippen LogP contribution in [0.25, 0.3) is 20.4 Å². The van der Waals surface area contributed by atoms with E-state index in [1.54, 1.807) is 23.2 Å². The lowest BCUT2D eigenvalue weighted by Crippen LogP contribution is -2.26. The summed E-state index contributed by atoms with van der Waals surface area (Å²) in [4.78, 5) is 26.9. The molecule has 1 aliphatic carbocycles. The summed E-state index contributed by atoms with van der Waals surface area (Å²) in [6.07, 6.45) is 10.5. The molecule has 0 bridgehead atoms. The lowest BCUT2D eigenvalue weighted by molar-refractivity contribution is 0.345. The molecule has 4 rings (SSSR count). The molecule has 0 atom stereocenters. The van der Waals surface area contributed by atoms with E-state index >= 15 is 0 Å². The molecule has 0 saturated heterocycles. The molecule has 6 nitrogen and oxygen atoms in total. The van der Waals surface area contributed by atoms with Crippen LogP contribution in [0.2, 0.25) is 0 Å². The van der Waals surface area contributed by atoms with Crippen LogP contribution >= 0.6 is 11.3 Å². The van der Waals surface area contributed by atoms with Gasteiger partial charge in [-0.2, -0.15) is 0 Å². The Morgan fingerprint density at radius 2 is 2.17 bits per heavy atom. The van der Waals surface area contributed by atoms with Crippen molar-refractivity contribution in [3.8, 4) is 0 Å². The number of thiophene rings is 1. The maximum atomic E-state index is 12.9. The van der Waals surface area contributed by atoms with Crippen LogP contribution < -0.4 is 5.56 Å². The molecule has 0 aromatic carbocycles. The summed E-state index contributed by atoms with van der Waals surface area (Å²) in [6, 6.07) is 2.03. The van der Waals surface area contributed by atoms with Crippen molar-refractivity contribution in [1.82, 2.24) is 14.5 Å². The summed E-state index contributed by atoms with van der Waals surface area (Å²) in [5, 5.41) is 9.74. The normalized spacial score (nSPS) is 16.5. The van der Waals surface area contributed by atoms with Gasteiger partial charge < -0.3 is 5.11 Å². The molecule has 3 aromatic rings. The van der Waals surface area contributed by atoms with Gasteiger partial charge in [-0.05, 0) is 18.9 Å². The van der Waals surface area contributed by atoms with E-state index < -0.39 is 0 Å². The number of aromatic nitrogens is 3. The fourth-order valence-corrected chi connectivity index (χ4v) is 4.47. The van der Waals surface area contributed by atoms with E-state index in [0.717, 1.165) is 23.1 Å². The number of nitrogens with zero attached hydrogens (tertiary/aromatic N) is 4. The summed E-state index contributed by atoms with van der Waals surface area (Å²) >= 11 is 1.37. The van der Waals surface area contributed by atoms with E-state index in [1.165, 1.54) is 36.8 Å². The van der Waals surface area contributed by atoms with Gasteiger partial charge in [0.05, 0.1) is 24.0 Å². The molecule has 1 saturated carbocycles. The van der Waals surface area contributed by atoms with Crippen LogP contribution in [0.1, 0.15) is 38.1 Å². The molecule has 1 aliphatic rings. The number of fused-ring (bicyclic) bond motifs is 3. The highest BCUT2D eigenvalue weighted by Gasteiger charge is 2.20. The third-order valence-electron chi connectivity index (χ3n) is 4.56. The van der Waals surface area contributed by atoms with Crippen molar-refractivity contribution < 1.29 is 5.11 Å². The molecular formula is C17H18N4O2S. The van der Waals surface area contributed by atoms with Gasteiger partial charge in [0.25, 0.3) is 5.56 Å². The third kappa shape index (κ3) is 2.53. The second-order valence-electron chi connectivity index (χ2n) is 6.03. The van der Waals surface area contributed by atoms with E-state index in [9.17, 15) is 4.79 Å². The van der Waals surface area contributed by atoms with E-state index in [4.69, 9.17) is 5.11 Å². The molecular weight excluding hydrogens is 324 g/mol. The smallest absolute Gasteiger partial charge is 0.271 e. The SMILES string of the molecule is O=c1c2sc3nccc(N=CCO)c3c2ncn1C1CCCCC1. The van der Waals surface area contributed by atoms with E-state index in [0.29, 0.717) is 15.9 Å². The van der Waals surface area contributed by atoms with Crippen molar-refractivity contribution in [3.05, 3.63) is 28.9 Å². The zero-order valence-corrected chi connectivity index (χ0v) is 14.0. The highest BCUT2D eigenvalue weighted by atomic mass is 32.1. The summed E-state index contributed by atoms with van der Waals surface area (Å²) < 4.78 is 2.44. The number of pyridine rings is 1. The largest absolute Gasteiger partial charge is 0.391 e. The molecule has 24 heavy (non-hydrogen) atoms. The van der Waals surface area contributed by atoms with Gasteiger partial charge in [-0.15, -0.1) is 11.3 Å². The first-order valence-electron chi connectivity index (χ1n) is 8.21. The van der Waals surface area contributed by atoms with Crippen LogP contribution in [0, 0.1) is 0 Å². The highest BCUT2D eigenvalue weighted by Crippen LogP contribution is 2.36. The number of hydrogen-bond donors (Lipinski definition) is 1. The second-order valence-corrected chi connectivity index (χ2v) is 7.03. The van der Waals surface area contributed by atoms with Crippen LogP contribution in [0.3, 0.4) is 0 Å². The Hall–Kier alpha value is -2.12. The minimum absolute atomic E-state index is 0.0204. The average Bonchev–Trinajstić information content (AvgIpc) is 3.01. The van der Waals surface area contributed by atoms with Gasteiger partial charge in [-0.3, -0.25) is 14.4 Å². The van der Waals surface area contributed by atoms with E-state index in [1.807, 2.05) is 0 Å². The molecule has 0 unspecified atom stereocenters. The fraction of sp³-hybridized carbons (Fsp3) is 0.412. The Labute approximate surface area is 142 Å². The van der Waals surface area contributed by atoms with Crippen LogP contribution in [0.4, 0.5) is 5.69 Å². The Morgan fingerprint density at radius 3 is 2.96 bits per heavy atom. The Morgan fingerprint density at radius 1 is 1.33 bits per heavy atom. The van der Waals surface area contributed by atoms with E-state index in [-0.39, 0.29) is 18.2 Å². The van der Waals surface area contributed by atoms with Gasteiger partial charge >= 0.3 is 0 Å². The maximum Gasteiger partial charge on any atom is 0.271 e. The van der Waals surface area contributed by atoms with Gasteiger partial charge in [-0.25, -0.2) is 9.97 Å². The molecule has 7 heteroatoms. The molecule has 0 amide bonds. The number of hydrogen-bond acceptors (Lipinski definition) is 6. The minimum Gasteiger partial charge on any atom is -0.391 e. The monoisotopic (exact) mass is 342 g/mol. The summed E-state index contributed by atoms with van der Waals surface area (Å²) in [7, 11) is 0. The molecule has 0 spiro atoms. The van der Waals surface area contributed by atoms with Crippen LogP contribution in [-0.2, 0) is 0 Å². The lowest BCUT2D eigenvalue weighted by atomic mass is 9.95. The molecule has 0 radical (unpaired) electrons. The molecule has 1 fully saturated rings. The number of aliphatic hydroxyl groups is 1. The van der Waals surface area contributed by atoms with Crippen molar-refractivity contribution in [3.63, 3.8) is 0 Å².